The van der Waals surface area contributed by atoms with E-state index in [0.29, 0.717) is 45.9 Å². The molecule has 308 valence electrons. The summed E-state index contributed by atoms with van der Waals surface area (Å²) in [4.78, 5) is 9.75. The molecule has 0 aliphatic carbocycles. The number of benzene rings is 8. The molecule has 8 rings (SSSR count). The Morgan fingerprint density at radius 1 is 0.397 bits per heavy atom. The fourth-order valence-corrected chi connectivity index (χ4v) is 7.25. The lowest BCUT2D eigenvalue weighted by molar-refractivity contribution is 0.416. The smallest absolute Gasteiger partial charge is 0.145 e. The maximum absolute atomic E-state index is 6.66. The second kappa shape index (κ2) is 19.5. The third-order valence-electron chi connectivity index (χ3n) is 10.8. The van der Waals surface area contributed by atoms with Crippen LogP contribution in [0.25, 0.3) is 11.1 Å². The summed E-state index contributed by atoms with van der Waals surface area (Å²) in [5.74, 6) is 10.9. The van der Waals surface area contributed by atoms with Gasteiger partial charge in [0.1, 0.15) is 45.9 Å². The van der Waals surface area contributed by atoms with Crippen LogP contribution in [0.15, 0.2) is 216 Å². The number of aliphatic imine (C=N–C) groups is 2. The Bertz CT molecular complexity index is 2750. The van der Waals surface area contributed by atoms with Crippen LogP contribution in [0.2, 0.25) is 0 Å². The molecule has 0 amide bonds. The maximum Gasteiger partial charge on any atom is 0.145 e. The number of rotatable bonds is 14. The van der Waals surface area contributed by atoms with Gasteiger partial charge in [-0.05, 0) is 107 Å². The van der Waals surface area contributed by atoms with Gasteiger partial charge >= 0.3 is 0 Å². The van der Waals surface area contributed by atoms with Crippen molar-refractivity contribution in [2.45, 2.75) is 19.3 Å². The fraction of sp³-hybridized carbons (Fsp3) is 0.0877. The summed E-state index contributed by atoms with van der Waals surface area (Å²) in [5, 5.41) is 0. The van der Waals surface area contributed by atoms with E-state index in [-0.39, 0.29) is 0 Å². The third-order valence-corrected chi connectivity index (χ3v) is 10.8. The highest BCUT2D eigenvalue weighted by atomic mass is 16.5. The van der Waals surface area contributed by atoms with Crippen LogP contribution in [0.5, 0.6) is 34.5 Å². The van der Waals surface area contributed by atoms with Crippen LogP contribution in [-0.4, -0.2) is 26.0 Å². The molecular formula is C57H46N2O4. The average Bonchev–Trinajstić information content (AvgIpc) is 3.34. The van der Waals surface area contributed by atoms with Gasteiger partial charge < -0.3 is 18.9 Å². The molecule has 0 saturated heterocycles. The topological polar surface area (TPSA) is 61.6 Å². The van der Waals surface area contributed by atoms with E-state index >= 15 is 0 Å². The first-order chi connectivity index (χ1) is 30.9. The first-order valence-corrected chi connectivity index (χ1v) is 20.7. The number of hydrogen-bond acceptors (Lipinski definition) is 6. The van der Waals surface area contributed by atoms with Gasteiger partial charge in [-0.2, -0.15) is 0 Å². The van der Waals surface area contributed by atoms with Gasteiger partial charge in [-0.3, -0.25) is 0 Å². The molecule has 0 heterocycles. The van der Waals surface area contributed by atoms with E-state index in [4.69, 9.17) is 28.9 Å². The van der Waals surface area contributed by atoms with E-state index in [9.17, 15) is 0 Å². The first-order valence-electron chi connectivity index (χ1n) is 20.7. The number of methoxy groups -OCH3 is 2. The van der Waals surface area contributed by atoms with Crippen molar-refractivity contribution >= 4 is 34.3 Å². The summed E-state index contributed by atoms with van der Waals surface area (Å²) >= 11 is 0. The molecule has 0 aliphatic rings. The van der Waals surface area contributed by atoms with Crippen molar-refractivity contribution in [1.82, 2.24) is 0 Å². The standard InChI is InChI=1S/C57H46N2O4/c1-57(2,43-33-35-53(62-45-25-13-7-14-26-45)47(37-43)49(41-21-9-5-10-22-41)39-58-51-29-17-19-31-55(51)60-3)44-34-36-54(63-46-27-15-8-16-28-46)48(38-44)50(42-23-11-6-12-24-42)40-59-52-30-18-20-32-56(52)61-4/h5-38H,1-4H3. The van der Waals surface area contributed by atoms with E-state index < -0.39 is 5.41 Å². The zero-order chi connectivity index (χ0) is 43.4. The molecule has 6 nitrogen and oxygen atoms in total. The van der Waals surface area contributed by atoms with Gasteiger partial charge in [0, 0.05) is 16.5 Å². The summed E-state index contributed by atoms with van der Waals surface area (Å²) in [6, 6.07) is 68.0. The van der Waals surface area contributed by atoms with Crippen LogP contribution in [-0.2, 0) is 5.41 Å². The van der Waals surface area contributed by atoms with Crippen molar-refractivity contribution in [2.24, 2.45) is 9.98 Å². The van der Waals surface area contributed by atoms with E-state index in [1.54, 1.807) is 14.2 Å². The Morgan fingerprint density at radius 3 is 1.13 bits per heavy atom. The van der Waals surface area contributed by atoms with Crippen molar-refractivity contribution in [3.8, 4) is 34.5 Å². The Kier molecular flexibility index (Phi) is 12.9. The Balaban J connectivity index is 1.33. The minimum Gasteiger partial charge on any atom is -0.494 e. The van der Waals surface area contributed by atoms with Gasteiger partial charge in [-0.25, -0.2) is 9.98 Å². The van der Waals surface area contributed by atoms with Crippen molar-refractivity contribution in [2.75, 3.05) is 14.2 Å². The van der Waals surface area contributed by atoms with Crippen LogP contribution < -0.4 is 18.9 Å². The zero-order valence-electron chi connectivity index (χ0n) is 35.7. The maximum atomic E-state index is 6.66. The van der Waals surface area contributed by atoms with Crippen LogP contribution in [0.3, 0.4) is 0 Å². The van der Waals surface area contributed by atoms with Crippen LogP contribution in [0.4, 0.5) is 11.4 Å². The normalized spacial score (nSPS) is 10.7. The highest BCUT2D eigenvalue weighted by molar-refractivity contribution is 6.02. The first kappa shape index (κ1) is 41.6. The third kappa shape index (κ3) is 9.75. The predicted octanol–water partition coefficient (Wildman–Crippen LogP) is 14.5. The molecular weight excluding hydrogens is 777 g/mol. The quantitative estimate of drug-likeness (QED) is 0.103. The molecule has 0 aliphatic heterocycles. The molecule has 0 N–H and O–H groups in total. The number of nitrogens with zero attached hydrogens (tertiary/aromatic N) is 2. The zero-order valence-corrected chi connectivity index (χ0v) is 35.7. The minimum absolute atomic E-state index is 0.552. The summed E-state index contributed by atoms with van der Waals surface area (Å²) in [5.41, 5.74) is 7.90. The molecule has 0 aromatic heterocycles. The van der Waals surface area contributed by atoms with Gasteiger partial charge in [-0.1, -0.05) is 147 Å². The second-order valence-corrected chi connectivity index (χ2v) is 15.2. The van der Waals surface area contributed by atoms with E-state index in [0.717, 1.165) is 44.5 Å². The molecule has 0 bridgehead atoms. The average molecular weight is 823 g/mol. The summed E-state index contributed by atoms with van der Waals surface area (Å²) < 4.78 is 24.6. The Labute approximate surface area is 369 Å². The minimum atomic E-state index is -0.552. The largest absolute Gasteiger partial charge is 0.494 e. The lowest BCUT2D eigenvalue weighted by Gasteiger charge is -2.29. The molecule has 0 atom stereocenters. The molecule has 0 radical (unpaired) electrons. The Hall–Kier alpha value is -8.14. The summed E-state index contributed by atoms with van der Waals surface area (Å²) in [7, 11) is 3.29. The van der Waals surface area contributed by atoms with Gasteiger partial charge in [0.2, 0.25) is 0 Å². The highest BCUT2D eigenvalue weighted by Gasteiger charge is 2.28. The van der Waals surface area contributed by atoms with Crippen LogP contribution in [0, 0.1) is 0 Å². The lowest BCUT2D eigenvalue weighted by atomic mass is 9.76. The monoisotopic (exact) mass is 822 g/mol. The lowest BCUT2D eigenvalue weighted by Crippen LogP contribution is -2.20. The van der Waals surface area contributed by atoms with Crippen molar-refractivity contribution in [3.63, 3.8) is 0 Å². The van der Waals surface area contributed by atoms with Gasteiger partial charge in [0.25, 0.3) is 0 Å². The van der Waals surface area contributed by atoms with Crippen LogP contribution >= 0.6 is 0 Å². The molecule has 6 heteroatoms. The van der Waals surface area contributed by atoms with Gasteiger partial charge in [0.05, 0.1) is 25.4 Å². The SMILES string of the molecule is COc1ccccc1N=C=C(c1ccccc1)c1cc(C(C)(C)c2ccc(Oc3ccccc3)c(C(=C=Nc3ccccc3OC)c3ccccc3)c2)ccc1Oc1ccccc1. The van der Waals surface area contributed by atoms with E-state index in [1.165, 1.54) is 0 Å². The highest BCUT2D eigenvalue weighted by Crippen LogP contribution is 2.42. The van der Waals surface area contributed by atoms with E-state index in [2.05, 4.69) is 74.1 Å². The number of hydrogen-bond donors (Lipinski definition) is 0. The van der Waals surface area contributed by atoms with Gasteiger partial charge in [-0.15, -0.1) is 0 Å². The fourth-order valence-electron chi connectivity index (χ4n) is 7.25. The second-order valence-electron chi connectivity index (χ2n) is 15.2. The molecule has 8 aromatic rings. The summed E-state index contributed by atoms with van der Waals surface area (Å²) in [6.07, 6.45) is 0. The molecule has 0 unspecified atom stereocenters. The predicted molar refractivity (Wildman–Crippen MR) is 256 cm³/mol. The number of ether oxygens (including phenoxy) is 4. The molecule has 0 fully saturated rings. The van der Waals surface area contributed by atoms with E-state index in [1.807, 2.05) is 158 Å². The summed E-state index contributed by atoms with van der Waals surface area (Å²) in [6.45, 7) is 4.45. The van der Waals surface area contributed by atoms with Crippen molar-refractivity contribution in [3.05, 3.63) is 240 Å². The Morgan fingerprint density at radius 2 is 0.746 bits per heavy atom. The molecule has 8 aromatic carbocycles. The van der Waals surface area contributed by atoms with Crippen molar-refractivity contribution in [1.29, 1.82) is 0 Å². The van der Waals surface area contributed by atoms with Gasteiger partial charge in [0.15, 0.2) is 0 Å². The molecule has 63 heavy (non-hydrogen) atoms. The molecule has 0 saturated carbocycles. The number of para-hydroxylation sites is 6. The van der Waals surface area contributed by atoms with Crippen molar-refractivity contribution < 1.29 is 18.9 Å². The molecule has 0 spiro atoms. The van der Waals surface area contributed by atoms with Crippen LogP contribution in [0.1, 0.15) is 47.2 Å².